The molecule has 0 atom stereocenters. The molecule has 4 heteroatoms. The van der Waals surface area contributed by atoms with Crippen molar-refractivity contribution in [2.75, 3.05) is 5.32 Å². The Labute approximate surface area is 120 Å². The van der Waals surface area contributed by atoms with Crippen molar-refractivity contribution in [3.8, 4) is 0 Å². The first kappa shape index (κ1) is 13.3. The van der Waals surface area contributed by atoms with E-state index in [0.717, 1.165) is 11.0 Å². The number of aromatic nitrogens is 2. The van der Waals surface area contributed by atoms with Crippen LogP contribution in [0.3, 0.4) is 0 Å². The highest BCUT2D eigenvalue weighted by molar-refractivity contribution is 7.09. The smallest absolute Gasteiger partial charge is 0.202 e. The molecule has 19 heavy (non-hydrogen) atoms. The summed E-state index contributed by atoms with van der Waals surface area (Å²) in [5.41, 5.74) is 0.840. The Bertz CT molecular complexity index is 444. The average molecular weight is 279 g/mol. The highest BCUT2D eigenvalue weighted by Crippen LogP contribution is 2.46. The van der Waals surface area contributed by atoms with E-state index >= 15 is 0 Å². The van der Waals surface area contributed by atoms with Gasteiger partial charge in [-0.25, -0.2) is 4.98 Å². The molecule has 0 radical (unpaired) electrons. The van der Waals surface area contributed by atoms with E-state index in [1.807, 2.05) is 0 Å². The van der Waals surface area contributed by atoms with E-state index in [1.54, 1.807) is 0 Å². The van der Waals surface area contributed by atoms with Crippen molar-refractivity contribution in [3.05, 3.63) is 5.82 Å². The fraction of sp³-hybridized carbons (Fsp3) is 0.867. The van der Waals surface area contributed by atoms with Gasteiger partial charge in [0.15, 0.2) is 0 Å². The molecule has 0 unspecified atom stereocenters. The monoisotopic (exact) mass is 279 g/mol. The Morgan fingerprint density at radius 2 is 1.74 bits per heavy atom. The van der Waals surface area contributed by atoms with Crippen molar-refractivity contribution in [2.45, 2.75) is 71.8 Å². The lowest BCUT2D eigenvalue weighted by molar-refractivity contribution is 0.105. The first-order valence-corrected chi connectivity index (χ1v) is 8.21. The van der Waals surface area contributed by atoms with Crippen LogP contribution in [-0.4, -0.2) is 15.4 Å². The zero-order valence-electron chi connectivity index (χ0n) is 12.5. The molecule has 3 rings (SSSR count). The molecule has 0 saturated heterocycles. The number of hydrogen-bond acceptors (Lipinski definition) is 4. The van der Waals surface area contributed by atoms with Gasteiger partial charge in [-0.1, -0.05) is 27.7 Å². The molecule has 2 fully saturated rings. The van der Waals surface area contributed by atoms with Crippen LogP contribution >= 0.6 is 11.5 Å². The van der Waals surface area contributed by atoms with E-state index in [-0.39, 0.29) is 0 Å². The van der Waals surface area contributed by atoms with Gasteiger partial charge in [0.05, 0.1) is 0 Å². The summed E-state index contributed by atoms with van der Waals surface area (Å²) in [6, 6.07) is 0.541. The number of nitrogens with zero attached hydrogens (tertiary/aromatic N) is 2. The maximum Gasteiger partial charge on any atom is 0.202 e. The third-order valence-electron chi connectivity index (χ3n) is 4.27. The van der Waals surface area contributed by atoms with Crippen LogP contribution in [0.5, 0.6) is 0 Å². The minimum Gasteiger partial charge on any atom is -0.358 e. The van der Waals surface area contributed by atoms with E-state index in [2.05, 4.69) is 42.4 Å². The molecule has 0 amide bonds. The predicted octanol–water partition coefficient (Wildman–Crippen LogP) is 4.43. The van der Waals surface area contributed by atoms with E-state index < -0.39 is 0 Å². The molecule has 1 N–H and O–H groups in total. The summed E-state index contributed by atoms with van der Waals surface area (Å²) >= 11 is 1.54. The maximum atomic E-state index is 4.66. The number of hydrogen-bond donors (Lipinski definition) is 1. The van der Waals surface area contributed by atoms with Crippen LogP contribution < -0.4 is 5.32 Å². The topological polar surface area (TPSA) is 37.8 Å². The molecule has 106 valence electrons. The second-order valence-corrected chi connectivity index (χ2v) is 8.74. The van der Waals surface area contributed by atoms with Gasteiger partial charge < -0.3 is 5.32 Å². The van der Waals surface area contributed by atoms with E-state index in [4.69, 9.17) is 0 Å². The molecular weight excluding hydrogens is 254 g/mol. The molecule has 2 aliphatic rings. The third-order valence-corrected chi connectivity index (χ3v) is 4.93. The quantitative estimate of drug-likeness (QED) is 0.889. The first-order valence-electron chi connectivity index (χ1n) is 7.43. The van der Waals surface area contributed by atoms with Gasteiger partial charge in [0.2, 0.25) is 5.13 Å². The molecule has 1 aromatic rings. The minimum atomic E-state index is 0.420. The minimum absolute atomic E-state index is 0.420. The van der Waals surface area contributed by atoms with Gasteiger partial charge in [-0.2, -0.15) is 4.37 Å². The largest absolute Gasteiger partial charge is 0.358 e. The zero-order chi connectivity index (χ0) is 13.7. The summed E-state index contributed by atoms with van der Waals surface area (Å²) in [7, 11) is 0. The highest BCUT2D eigenvalue weighted by Gasteiger charge is 2.38. The molecule has 1 heterocycles. The van der Waals surface area contributed by atoms with E-state index in [0.29, 0.717) is 22.8 Å². The molecule has 0 bridgehead atoms. The van der Waals surface area contributed by atoms with E-state index in [9.17, 15) is 0 Å². The van der Waals surface area contributed by atoms with Crippen molar-refractivity contribution < 1.29 is 0 Å². The van der Waals surface area contributed by atoms with Crippen LogP contribution in [0.1, 0.15) is 71.5 Å². The maximum absolute atomic E-state index is 4.66. The molecule has 2 aliphatic carbocycles. The lowest BCUT2D eigenvalue weighted by Gasteiger charge is -2.45. The first-order chi connectivity index (χ1) is 8.83. The van der Waals surface area contributed by atoms with E-state index in [1.165, 1.54) is 43.6 Å². The standard InChI is InChI=1S/C15H25N3S/c1-14(2)7-11(8-15(3,4)9-14)16-13-17-12(18-19-13)10-5-6-10/h10-11H,5-9H2,1-4H3,(H,16,17,18). The van der Waals surface area contributed by atoms with Gasteiger partial charge >= 0.3 is 0 Å². The molecular formula is C15H25N3S. The molecule has 0 spiro atoms. The molecule has 1 aromatic heterocycles. The summed E-state index contributed by atoms with van der Waals surface area (Å²) < 4.78 is 4.48. The Kier molecular flexibility index (Phi) is 3.12. The van der Waals surface area contributed by atoms with Gasteiger partial charge in [-0.05, 0) is 42.9 Å². The lowest BCUT2D eigenvalue weighted by atomic mass is 9.63. The Morgan fingerprint density at radius 3 is 2.32 bits per heavy atom. The normalized spacial score (nSPS) is 26.3. The second kappa shape index (κ2) is 4.44. The summed E-state index contributed by atoms with van der Waals surface area (Å²) in [5, 5.41) is 4.67. The van der Waals surface area contributed by atoms with Gasteiger partial charge in [0.25, 0.3) is 0 Å². The molecule has 0 aliphatic heterocycles. The number of anilines is 1. The van der Waals surface area contributed by atoms with Crippen LogP contribution in [0.25, 0.3) is 0 Å². The zero-order valence-corrected chi connectivity index (χ0v) is 13.3. The summed E-state index contributed by atoms with van der Waals surface area (Å²) in [4.78, 5) is 4.66. The van der Waals surface area contributed by atoms with Crippen molar-refractivity contribution in [2.24, 2.45) is 10.8 Å². The SMILES string of the molecule is CC1(C)CC(Nc2nc(C3CC3)ns2)CC(C)(C)C1. The summed E-state index contributed by atoms with van der Waals surface area (Å²) in [6.45, 7) is 9.55. The van der Waals surface area contributed by atoms with Gasteiger partial charge in [0.1, 0.15) is 5.82 Å². The Hall–Kier alpha value is -0.640. The predicted molar refractivity (Wildman–Crippen MR) is 80.7 cm³/mol. The summed E-state index contributed by atoms with van der Waals surface area (Å²) in [5.74, 6) is 1.73. The van der Waals surface area contributed by atoms with Crippen molar-refractivity contribution in [1.29, 1.82) is 0 Å². The highest BCUT2D eigenvalue weighted by atomic mass is 32.1. The molecule has 2 saturated carbocycles. The van der Waals surface area contributed by atoms with Crippen LogP contribution in [0.2, 0.25) is 0 Å². The molecule has 3 nitrogen and oxygen atoms in total. The van der Waals surface area contributed by atoms with Crippen molar-refractivity contribution >= 4 is 16.7 Å². The number of rotatable bonds is 3. The lowest BCUT2D eigenvalue weighted by Crippen LogP contribution is -2.40. The third kappa shape index (κ3) is 3.28. The average Bonchev–Trinajstić information content (AvgIpc) is 2.96. The van der Waals surface area contributed by atoms with Crippen molar-refractivity contribution in [3.63, 3.8) is 0 Å². The second-order valence-electron chi connectivity index (χ2n) is 7.99. The van der Waals surface area contributed by atoms with Gasteiger partial charge in [-0.3, -0.25) is 0 Å². The van der Waals surface area contributed by atoms with Gasteiger partial charge in [-0.15, -0.1) is 0 Å². The van der Waals surface area contributed by atoms with Crippen LogP contribution in [0.4, 0.5) is 5.13 Å². The molecule has 0 aromatic carbocycles. The van der Waals surface area contributed by atoms with Gasteiger partial charge in [0, 0.05) is 23.5 Å². The number of nitrogens with one attached hydrogen (secondary N) is 1. The fourth-order valence-electron chi connectivity index (χ4n) is 3.92. The van der Waals surface area contributed by atoms with Crippen LogP contribution in [0, 0.1) is 10.8 Å². The van der Waals surface area contributed by atoms with Crippen LogP contribution in [-0.2, 0) is 0 Å². The summed E-state index contributed by atoms with van der Waals surface area (Å²) in [6.07, 6.45) is 6.32. The fourth-order valence-corrected chi connectivity index (χ4v) is 4.65. The Morgan fingerprint density at radius 1 is 1.11 bits per heavy atom. The van der Waals surface area contributed by atoms with Crippen molar-refractivity contribution in [1.82, 2.24) is 9.36 Å². The van der Waals surface area contributed by atoms with Crippen LogP contribution in [0.15, 0.2) is 0 Å². The Balaban J connectivity index is 1.67.